The van der Waals surface area contributed by atoms with Crippen molar-refractivity contribution >= 4 is 17.8 Å². The first-order chi connectivity index (χ1) is 8.92. The fourth-order valence-corrected chi connectivity index (χ4v) is 2.77. The second-order valence-electron chi connectivity index (χ2n) is 5.65. The van der Waals surface area contributed by atoms with Gasteiger partial charge in [0, 0.05) is 18.0 Å². The van der Waals surface area contributed by atoms with E-state index in [0.29, 0.717) is 13.0 Å². The van der Waals surface area contributed by atoms with Crippen LogP contribution in [0.25, 0.3) is 0 Å². The van der Waals surface area contributed by atoms with Crippen LogP contribution >= 0.6 is 0 Å². The summed E-state index contributed by atoms with van der Waals surface area (Å²) in [6.45, 7) is 4.48. The molecule has 1 saturated carbocycles. The predicted molar refractivity (Wildman–Crippen MR) is 71.3 cm³/mol. The van der Waals surface area contributed by atoms with Gasteiger partial charge >= 0.3 is 0 Å². The van der Waals surface area contributed by atoms with Crippen LogP contribution in [0.5, 0.6) is 0 Å². The number of hydrogen-bond donors (Lipinski definition) is 3. The summed E-state index contributed by atoms with van der Waals surface area (Å²) >= 11 is 0. The molecule has 2 fully saturated rings. The highest BCUT2D eigenvalue weighted by atomic mass is 16.2. The van der Waals surface area contributed by atoms with E-state index in [9.17, 15) is 9.59 Å². The lowest BCUT2D eigenvalue weighted by Crippen LogP contribution is -2.62. The van der Waals surface area contributed by atoms with E-state index in [2.05, 4.69) is 5.32 Å². The van der Waals surface area contributed by atoms with Gasteiger partial charge in [-0.15, -0.1) is 0 Å². The van der Waals surface area contributed by atoms with Gasteiger partial charge in [-0.05, 0) is 25.2 Å². The number of amides is 2. The Morgan fingerprint density at radius 2 is 2.16 bits per heavy atom. The van der Waals surface area contributed by atoms with E-state index in [4.69, 9.17) is 11.1 Å². The summed E-state index contributed by atoms with van der Waals surface area (Å²) in [7, 11) is 0. The largest absolute Gasteiger partial charge is 0.369 e. The maximum atomic E-state index is 12.2. The topological polar surface area (TPSA) is 99.3 Å². The lowest BCUT2D eigenvalue weighted by Gasteiger charge is -2.42. The van der Waals surface area contributed by atoms with Crippen molar-refractivity contribution in [3.8, 4) is 0 Å². The highest BCUT2D eigenvalue weighted by molar-refractivity contribution is 5.99. The summed E-state index contributed by atoms with van der Waals surface area (Å²) in [5.41, 5.74) is 4.96. The molecule has 0 unspecified atom stereocenters. The first kappa shape index (κ1) is 13.8. The highest BCUT2D eigenvalue weighted by Crippen LogP contribution is 2.39. The molecule has 0 spiro atoms. The van der Waals surface area contributed by atoms with Crippen LogP contribution in [0.1, 0.15) is 39.5 Å². The fraction of sp³-hybridized carbons (Fsp3) is 0.769. The number of nitrogens with one attached hydrogen (secondary N) is 2. The van der Waals surface area contributed by atoms with Crippen molar-refractivity contribution in [2.24, 2.45) is 17.6 Å². The van der Waals surface area contributed by atoms with Crippen molar-refractivity contribution in [1.29, 1.82) is 5.41 Å². The molecule has 2 atom stereocenters. The lowest BCUT2D eigenvalue weighted by molar-refractivity contribution is -0.131. The molecule has 1 saturated heterocycles. The minimum atomic E-state index is -0.301. The number of primary amides is 1. The number of carbonyl (C=O) groups excluding carboxylic acids is 2. The van der Waals surface area contributed by atoms with Gasteiger partial charge in [0.15, 0.2) is 5.96 Å². The first-order valence-corrected chi connectivity index (χ1v) is 6.89. The van der Waals surface area contributed by atoms with Gasteiger partial charge in [0.1, 0.15) is 0 Å². The third-order valence-corrected chi connectivity index (χ3v) is 4.50. The summed E-state index contributed by atoms with van der Waals surface area (Å²) in [4.78, 5) is 24.7. The number of rotatable bonds is 5. The molecule has 6 heteroatoms. The van der Waals surface area contributed by atoms with Crippen molar-refractivity contribution in [3.63, 3.8) is 0 Å². The quantitative estimate of drug-likeness (QED) is 0.672. The summed E-state index contributed by atoms with van der Waals surface area (Å²) in [5, 5.41) is 11.2. The van der Waals surface area contributed by atoms with Gasteiger partial charge < -0.3 is 11.1 Å². The van der Waals surface area contributed by atoms with Crippen LogP contribution in [0.15, 0.2) is 0 Å². The smallest absolute Gasteiger partial charge is 0.231 e. The van der Waals surface area contributed by atoms with Crippen LogP contribution in [0.3, 0.4) is 0 Å². The predicted octanol–water partition coefficient (Wildman–Crippen LogP) is 0.423. The van der Waals surface area contributed by atoms with E-state index in [0.717, 1.165) is 19.3 Å². The first-order valence-electron chi connectivity index (χ1n) is 6.89. The van der Waals surface area contributed by atoms with E-state index < -0.39 is 0 Å². The third kappa shape index (κ3) is 2.57. The molecular formula is C13H22N4O2. The Balaban J connectivity index is 1.99. The van der Waals surface area contributed by atoms with E-state index in [1.165, 1.54) is 4.90 Å². The van der Waals surface area contributed by atoms with Gasteiger partial charge in [-0.2, -0.15) is 0 Å². The zero-order valence-corrected chi connectivity index (χ0v) is 11.5. The molecule has 1 heterocycles. The zero-order chi connectivity index (χ0) is 14.2. The van der Waals surface area contributed by atoms with Gasteiger partial charge in [0.05, 0.1) is 6.42 Å². The van der Waals surface area contributed by atoms with E-state index >= 15 is 0 Å². The molecule has 0 radical (unpaired) electrons. The van der Waals surface area contributed by atoms with E-state index in [-0.39, 0.29) is 35.1 Å². The molecule has 4 N–H and O–H groups in total. The molecule has 1 aliphatic heterocycles. The van der Waals surface area contributed by atoms with Gasteiger partial charge in [-0.3, -0.25) is 19.9 Å². The standard InChI is InChI=1S/C13H22N4O2/c1-3-13(4-2)6-10(18)17(12(15)16-13)7-8-5-9(8)11(14)19/h8-9H,3-7H2,1-2H3,(H2,14,19)(H2,15,16)/t8-,9+/m0/s1. The molecule has 19 heavy (non-hydrogen) atoms. The summed E-state index contributed by atoms with van der Waals surface area (Å²) in [6.07, 6.45) is 2.78. The molecule has 0 bridgehead atoms. The van der Waals surface area contributed by atoms with Crippen LogP contribution in [0.2, 0.25) is 0 Å². The Morgan fingerprint density at radius 1 is 1.53 bits per heavy atom. The van der Waals surface area contributed by atoms with Gasteiger partial charge in [-0.25, -0.2) is 0 Å². The molecule has 106 valence electrons. The van der Waals surface area contributed by atoms with Crippen LogP contribution < -0.4 is 11.1 Å². The van der Waals surface area contributed by atoms with Crippen LogP contribution in [0, 0.1) is 17.2 Å². The number of carbonyl (C=O) groups is 2. The summed E-state index contributed by atoms with van der Waals surface area (Å²) < 4.78 is 0. The van der Waals surface area contributed by atoms with Crippen molar-refractivity contribution in [3.05, 3.63) is 0 Å². The highest BCUT2D eigenvalue weighted by Gasteiger charge is 2.46. The van der Waals surface area contributed by atoms with Crippen molar-refractivity contribution in [2.45, 2.75) is 45.1 Å². The molecule has 2 aliphatic rings. The minimum absolute atomic E-state index is 0.0254. The number of nitrogens with zero attached hydrogens (tertiary/aromatic N) is 1. The number of guanidine groups is 1. The average molecular weight is 266 g/mol. The SMILES string of the molecule is CCC1(CC)CC(=O)N(C[C@@H]2C[C@H]2C(N)=O)C(=N)N1. The molecule has 0 aromatic carbocycles. The maximum absolute atomic E-state index is 12.2. The maximum Gasteiger partial charge on any atom is 0.231 e. The van der Waals surface area contributed by atoms with Crippen molar-refractivity contribution < 1.29 is 9.59 Å². The molecular weight excluding hydrogens is 244 g/mol. The second kappa shape index (κ2) is 4.83. The Morgan fingerprint density at radius 3 is 2.58 bits per heavy atom. The average Bonchev–Trinajstić information content (AvgIpc) is 3.13. The summed E-state index contributed by atoms with van der Waals surface area (Å²) in [6, 6.07) is 0. The zero-order valence-electron chi connectivity index (χ0n) is 11.5. The molecule has 0 aromatic heterocycles. The minimum Gasteiger partial charge on any atom is -0.369 e. The Hall–Kier alpha value is -1.59. The number of nitrogens with two attached hydrogens (primary N) is 1. The summed E-state index contributed by atoms with van der Waals surface area (Å²) in [5.74, 6) is -0.160. The lowest BCUT2D eigenvalue weighted by atomic mass is 9.87. The fourth-order valence-electron chi connectivity index (χ4n) is 2.77. The van der Waals surface area contributed by atoms with Gasteiger partial charge in [-0.1, -0.05) is 13.8 Å². The van der Waals surface area contributed by atoms with Gasteiger partial charge in [0.2, 0.25) is 11.8 Å². The van der Waals surface area contributed by atoms with E-state index in [1.54, 1.807) is 0 Å². The van der Waals surface area contributed by atoms with Crippen molar-refractivity contribution in [1.82, 2.24) is 10.2 Å². The molecule has 1 aliphatic carbocycles. The molecule has 0 aromatic rings. The van der Waals surface area contributed by atoms with Crippen LogP contribution in [0.4, 0.5) is 0 Å². The van der Waals surface area contributed by atoms with Crippen LogP contribution in [-0.2, 0) is 9.59 Å². The Labute approximate surface area is 113 Å². The monoisotopic (exact) mass is 266 g/mol. The number of hydrogen-bond acceptors (Lipinski definition) is 3. The molecule has 2 rings (SSSR count). The van der Waals surface area contributed by atoms with Crippen LogP contribution in [-0.4, -0.2) is 34.8 Å². The normalized spacial score (nSPS) is 29.1. The molecule has 2 amide bonds. The second-order valence-corrected chi connectivity index (χ2v) is 5.65. The third-order valence-electron chi connectivity index (χ3n) is 4.50. The Bertz CT molecular complexity index is 397. The van der Waals surface area contributed by atoms with Gasteiger partial charge in [0.25, 0.3) is 0 Å². The van der Waals surface area contributed by atoms with E-state index in [1.807, 2.05) is 13.8 Å². The Kier molecular flexibility index (Phi) is 3.52. The van der Waals surface area contributed by atoms with Crippen molar-refractivity contribution in [2.75, 3.05) is 6.54 Å². The molecule has 6 nitrogen and oxygen atoms in total.